The van der Waals surface area contributed by atoms with Crippen molar-refractivity contribution in [2.24, 2.45) is 0 Å². The zero-order valence-corrected chi connectivity index (χ0v) is 16.5. The van der Waals surface area contributed by atoms with Crippen LogP contribution in [-0.4, -0.2) is 35.9 Å². The summed E-state index contributed by atoms with van der Waals surface area (Å²) in [5, 5.41) is 0. The lowest BCUT2D eigenvalue weighted by molar-refractivity contribution is -0.120. The number of amides is 2. The van der Waals surface area contributed by atoms with E-state index in [1.54, 1.807) is 30.3 Å². The lowest BCUT2D eigenvalue weighted by atomic mass is 10.0. The first-order valence-corrected chi connectivity index (χ1v) is 9.86. The van der Waals surface area contributed by atoms with Crippen molar-refractivity contribution in [3.05, 3.63) is 65.6 Å². The minimum atomic E-state index is -0.491. The lowest BCUT2D eigenvalue weighted by Gasteiger charge is -2.20. The van der Waals surface area contributed by atoms with Gasteiger partial charge in [-0.3, -0.25) is 9.59 Å². The average molecular weight is 394 g/mol. The molecule has 0 aliphatic carbocycles. The molecular formula is C23H23FN2O3. The zero-order chi connectivity index (χ0) is 20.5. The van der Waals surface area contributed by atoms with Crippen LogP contribution in [0.1, 0.15) is 32.3 Å². The summed E-state index contributed by atoms with van der Waals surface area (Å²) in [5.41, 5.74) is 1.65. The second-order valence-corrected chi connectivity index (χ2v) is 7.53. The summed E-state index contributed by atoms with van der Waals surface area (Å²) < 4.78 is 19.4. The number of likely N-dealkylation sites (tertiary alicyclic amines) is 1. The second-order valence-electron chi connectivity index (χ2n) is 7.53. The molecule has 6 heteroatoms. The number of imide groups is 1. The summed E-state index contributed by atoms with van der Waals surface area (Å²) in [5.74, 6) is -0.625. The number of benzene rings is 2. The molecule has 4 rings (SSSR count). The predicted octanol–water partition coefficient (Wildman–Crippen LogP) is 3.99. The van der Waals surface area contributed by atoms with Crippen molar-refractivity contribution in [1.29, 1.82) is 0 Å². The van der Waals surface area contributed by atoms with Gasteiger partial charge in [-0.1, -0.05) is 18.2 Å². The van der Waals surface area contributed by atoms with Gasteiger partial charge in [0.25, 0.3) is 11.8 Å². The highest BCUT2D eigenvalue weighted by Gasteiger charge is 2.43. The number of rotatable bonds is 5. The van der Waals surface area contributed by atoms with Gasteiger partial charge in [0.2, 0.25) is 0 Å². The molecule has 0 spiro atoms. The molecule has 0 bridgehead atoms. The van der Waals surface area contributed by atoms with Crippen LogP contribution in [0.3, 0.4) is 0 Å². The largest absolute Gasteiger partial charge is 0.491 e. The van der Waals surface area contributed by atoms with Gasteiger partial charge in [0.1, 0.15) is 17.3 Å². The Morgan fingerprint density at radius 2 is 1.66 bits per heavy atom. The highest BCUT2D eigenvalue weighted by atomic mass is 19.1. The van der Waals surface area contributed by atoms with Crippen LogP contribution in [0, 0.1) is 5.82 Å². The van der Waals surface area contributed by atoms with Crippen LogP contribution in [0.4, 0.5) is 10.1 Å². The molecule has 0 N–H and O–H groups in total. The number of nitrogens with zero attached hydrogens (tertiary/aromatic N) is 2. The van der Waals surface area contributed by atoms with Crippen molar-refractivity contribution >= 4 is 23.1 Å². The molecule has 2 aromatic carbocycles. The van der Waals surface area contributed by atoms with Crippen LogP contribution >= 0.6 is 0 Å². The SMILES string of the molecule is CC(C)Oc1ccc(C2=C(N3CCCC3)C(=O)N(c3cccc(F)c3)C2=O)cc1. The number of hydrogen-bond donors (Lipinski definition) is 0. The predicted molar refractivity (Wildman–Crippen MR) is 109 cm³/mol. The average Bonchev–Trinajstić information content (AvgIpc) is 3.28. The van der Waals surface area contributed by atoms with E-state index in [1.165, 1.54) is 18.2 Å². The number of ether oxygens (including phenoxy) is 1. The van der Waals surface area contributed by atoms with E-state index in [4.69, 9.17) is 4.74 Å². The first kappa shape index (κ1) is 19.2. The Hall–Kier alpha value is -3.15. The number of carbonyl (C=O) groups excluding carboxylic acids is 2. The molecule has 0 radical (unpaired) electrons. The first-order valence-electron chi connectivity index (χ1n) is 9.86. The molecule has 5 nitrogen and oxygen atoms in total. The van der Waals surface area contributed by atoms with Crippen LogP contribution in [0.2, 0.25) is 0 Å². The monoisotopic (exact) mass is 394 g/mol. The van der Waals surface area contributed by atoms with Gasteiger partial charge in [0, 0.05) is 13.1 Å². The Balaban J connectivity index is 1.77. The molecule has 150 valence electrons. The van der Waals surface area contributed by atoms with Crippen molar-refractivity contribution < 1.29 is 18.7 Å². The number of anilines is 1. The molecule has 0 aromatic heterocycles. The fraction of sp³-hybridized carbons (Fsp3) is 0.304. The first-order chi connectivity index (χ1) is 14.0. The van der Waals surface area contributed by atoms with E-state index in [2.05, 4.69) is 0 Å². The van der Waals surface area contributed by atoms with E-state index < -0.39 is 17.6 Å². The van der Waals surface area contributed by atoms with Gasteiger partial charge in [0.15, 0.2) is 0 Å². The van der Waals surface area contributed by atoms with Gasteiger partial charge in [-0.15, -0.1) is 0 Å². The Bertz CT molecular complexity index is 976. The third kappa shape index (κ3) is 3.62. The van der Waals surface area contributed by atoms with Crippen molar-refractivity contribution in [3.63, 3.8) is 0 Å². The summed E-state index contributed by atoms with van der Waals surface area (Å²) in [4.78, 5) is 29.6. The maximum atomic E-state index is 13.8. The highest BCUT2D eigenvalue weighted by Crippen LogP contribution is 2.36. The summed E-state index contributed by atoms with van der Waals surface area (Å²) in [6.07, 6.45) is 1.98. The Labute approximate surface area is 169 Å². The highest BCUT2D eigenvalue weighted by molar-refractivity contribution is 6.45. The smallest absolute Gasteiger partial charge is 0.282 e. The van der Waals surface area contributed by atoms with E-state index in [1.807, 2.05) is 18.7 Å². The van der Waals surface area contributed by atoms with Crippen molar-refractivity contribution in [3.8, 4) is 5.75 Å². The van der Waals surface area contributed by atoms with E-state index in [0.29, 0.717) is 22.6 Å². The number of hydrogen-bond acceptors (Lipinski definition) is 4. The van der Waals surface area contributed by atoms with Gasteiger partial charge < -0.3 is 9.64 Å². The van der Waals surface area contributed by atoms with Gasteiger partial charge in [-0.25, -0.2) is 9.29 Å². The van der Waals surface area contributed by atoms with Gasteiger partial charge in [-0.2, -0.15) is 0 Å². The Morgan fingerprint density at radius 1 is 0.966 bits per heavy atom. The third-order valence-corrected chi connectivity index (χ3v) is 5.06. The normalized spacial score (nSPS) is 17.1. The second kappa shape index (κ2) is 7.70. The Kier molecular flexibility index (Phi) is 5.09. The van der Waals surface area contributed by atoms with E-state index >= 15 is 0 Å². The summed E-state index contributed by atoms with van der Waals surface area (Å²) >= 11 is 0. The van der Waals surface area contributed by atoms with E-state index in [-0.39, 0.29) is 11.8 Å². The molecule has 29 heavy (non-hydrogen) atoms. The molecule has 0 atom stereocenters. The van der Waals surface area contributed by atoms with Gasteiger partial charge in [0.05, 0.1) is 17.4 Å². The molecular weight excluding hydrogens is 371 g/mol. The molecule has 1 fully saturated rings. The zero-order valence-electron chi connectivity index (χ0n) is 16.5. The molecule has 2 aliphatic heterocycles. The van der Waals surface area contributed by atoms with Crippen molar-refractivity contribution in [2.45, 2.75) is 32.8 Å². The lowest BCUT2D eigenvalue weighted by Crippen LogP contribution is -2.34. The topological polar surface area (TPSA) is 49.9 Å². The van der Waals surface area contributed by atoms with Gasteiger partial charge in [-0.05, 0) is 62.6 Å². The summed E-state index contributed by atoms with van der Waals surface area (Å²) in [7, 11) is 0. The van der Waals surface area contributed by atoms with Crippen molar-refractivity contribution in [1.82, 2.24) is 4.90 Å². The molecule has 0 saturated carbocycles. The molecule has 2 aliphatic rings. The Morgan fingerprint density at radius 3 is 2.28 bits per heavy atom. The van der Waals surface area contributed by atoms with E-state index in [9.17, 15) is 14.0 Å². The van der Waals surface area contributed by atoms with Crippen LogP contribution in [-0.2, 0) is 9.59 Å². The van der Waals surface area contributed by atoms with Crippen LogP contribution in [0.25, 0.3) is 5.57 Å². The van der Waals surface area contributed by atoms with Crippen LogP contribution in [0.15, 0.2) is 54.2 Å². The summed E-state index contributed by atoms with van der Waals surface area (Å²) in [6.45, 7) is 5.34. The molecule has 2 amide bonds. The van der Waals surface area contributed by atoms with Crippen LogP contribution < -0.4 is 9.64 Å². The quantitative estimate of drug-likeness (QED) is 0.720. The van der Waals surface area contributed by atoms with E-state index in [0.717, 1.165) is 30.8 Å². The number of halogens is 1. The minimum absolute atomic E-state index is 0.0402. The summed E-state index contributed by atoms with van der Waals surface area (Å²) in [6, 6.07) is 12.8. The fourth-order valence-electron chi connectivity index (χ4n) is 3.83. The number of carbonyl (C=O) groups is 2. The molecule has 0 unspecified atom stereocenters. The fourth-order valence-corrected chi connectivity index (χ4v) is 3.83. The maximum Gasteiger partial charge on any atom is 0.282 e. The van der Waals surface area contributed by atoms with Crippen molar-refractivity contribution in [2.75, 3.05) is 18.0 Å². The minimum Gasteiger partial charge on any atom is -0.491 e. The van der Waals surface area contributed by atoms with Crippen LogP contribution in [0.5, 0.6) is 5.75 Å². The maximum absolute atomic E-state index is 13.8. The molecule has 2 aromatic rings. The third-order valence-electron chi connectivity index (χ3n) is 5.06. The van der Waals surface area contributed by atoms with Gasteiger partial charge >= 0.3 is 0 Å². The molecule has 1 saturated heterocycles. The molecule has 2 heterocycles. The standard InChI is InChI=1S/C23H23FN2O3/c1-15(2)29-19-10-8-16(9-11-19)20-21(25-12-3-4-13-25)23(28)26(22(20)27)18-7-5-6-17(24)14-18/h5-11,14-15H,3-4,12-13H2,1-2H3.